The highest BCUT2D eigenvalue weighted by atomic mass is 35.5. The van der Waals surface area contributed by atoms with E-state index in [1.807, 2.05) is 6.08 Å². The van der Waals surface area contributed by atoms with E-state index in [0.717, 1.165) is 12.0 Å². The summed E-state index contributed by atoms with van der Waals surface area (Å²) in [6.07, 6.45) is 4.51. The van der Waals surface area contributed by atoms with Crippen molar-refractivity contribution in [3.63, 3.8) is 0 Å². The first-order valence-electron chi connectivity index (χ1n) is 3.52. The lowest BCUT2D eigenvalue weighted by Gasteiger charge is -2.18. The molecule has 1 aliphatic rings. The second-order valence-electron chi connectivity index (χ2n) is 2.37. The molecule has 70 valence electrons. The second kappa shape index (κ2) is 5.99. The van der Waals surface area contributed by atoms with E-state index in [1.165, 1.54) is 12.2 Å². The van der Waals surface area contributed by atoms with Crippen molar-refractivity contribution in [1.29, 1.82) is 0 Å². The minimum absolute atomic E-state index is 0. The maximum absolute atomic E-state index is 9.07. The lowest BCUT2D eigenvalue weighted by molar-refractivity contribution is -0.0830. The Kier molecular flexibility index (Phi) is 5.70. The summed E-state index contributed by atoms with van der Waals surface area (Å²) < 4.78 is 0. The zero-order valence-electron chi connectivity index (χ0n) is 6.93. The third kappa shape index (κ3) is 3.71. The van der Waals surface area contributed by atoms with Crippen LogP contribution in [0.15, 0.2) is 16.8 Å². The third-order valence-corrected chi connectivity index (χ3v) is 1.48. The Morgan fingerprint density at radius 2 is 2.50 bits per heavy atom. The van der Waals surface area contributed by atoms with Crippen LogP contribution in [-0.4, -0.2) is 36.7 Å². The molecular formula is C7H13ClN2O2. The van der Waals surface area contributed by atoms with Gasteiger partial charge in [-0.15, -0.1) is 12.4 Å². The summed E-state index contributed by atoms with van der Waals surface area (Å²) in [5.74, 6) is 0. The van der Waals surface area contributed by atoms with Crippen LogP contribution in [0.4, 0.5) is 0 Å². The van der Waals surface area contributed by atoms with Crippen molar-refractivity contribution in [2.45, 2.75) is 6.42 Å². The molecule has 0 saturated heterocycles. The predicted molar refractivity (Wildman–Crippen MR) is 48.8 cm³/mol. The van der Waals surface area contributed by atoms with Gasteiger partial charge in [0.15, 0.2) is 0 Å². The Balaban J connectivity index is 0.00000121. The summed E-state index contributed by atoms with van der Waals surface area (Å²) in [7, 11) is 1.50. The number of hydroxylamine groups is 2. The van der Waals surface area contributed by atoms with Crippen LogP contribution in [0, 0.1) is 0 Å². The van der Waals surface area contributed by atoms with E-state index >= 15 is 0 Å². The molecule has 1 aliphatic heterocycles. The first kappa shape index (κ1) is 11.4. The van der Waals surface area contributed by atoms with Gasteiger partial charge in [-0.05, 0) is 12.0 Å². The fourth-order valence-corrected chi connectivity index (χ4v) is 0.967. The largest absolute Gasteiger partial charge is 0.399 e. The zero-order valence-corrected chi connectivity index (χ0v) is 7.75. The second-order valence-corrected chi connectivity index (χ2v) is 2.37. The Morgan fingerprint density at radius 3 is 3.08 bits per heavy atom. The van der Waals surface area contributed by atoms with Gasteiger partial charge in [-0.25, -0.2) is 0 Å². The van der Waals surface area contributed by atoms with Gasteiger partial charge in [0.25, 0.3) is 0 Å². The van der Waals surface area contributed by atoms with Crippen LogP contribution in [0.3, 0.4) is 0 Å². The van der Waals surface area contributed by atoms with Gasteiger partial charge >= 0.3 is 0 Å². The lowest BCUT2D eigenvalue weighted by atomic mass is 10.2. The smallest absolute Gasteiger partial charge is 0.106 e. The van der Waals surface area contributed by atoms with Crippen LogP contribution in [0.5, 0.6) is 0 Å². The van der Waals surface area contributed by atoms with Crippen LogP contribution >= 0.6 is 12.4 Å². The molecule has 5 heteroatoms. The van der Waals surface area contributed by atoms with Crippen molar-refractivity contribution in [3.8, 4) is 0 Å². The first-order valence-corrected chi connectivity index (χ1v) is 3.52. The van der Waals surface area contributed by atoms with Crippen molar-refractivity contribution < 1.29 is 10.0 Å². The van der Waals surface area contributed by atoms with E-state index in [2.05, 4.69) is 9.99 Å². The van der Waals surface area contributed by atoms with E-state index in [-0.39, 0.29) is 12.4 Å². The molecule has 1 N–H and O–H groups in total. The molecule has 0 fully saturated rings. The summed E-state index contributed by atoms with van der Waals surface area (Å²) in [5, 5.41) is 13.9. The van der Waals surface area contributed by atoms with Crippen LogP contribution in [0.1, 0.15) is 6.42 Å². The Labute approximate surface area is 77.9 Å². The molecule has 0 aromatic rings. The highest BCUT2D eigenvalue weighted by Gasteiger charge is 2.07. The molecule has 0 atom stereocenters. The molecule has 0 saturated carbocycles. The summed E-state index contributed by atoms with van der Waals surface area (Å²) in [4.78, 5) is 4.51. The van der Waals surface area contributed by atoms with E-state index < -0.39 is 0 Å². The van der Waals surface area contributed by atoms with Crippen molar-refractivity contribution in [2.75, 3.05) is 20.2 Å². The highest BCUT2D eigenvalue weighted by Crippen LogP contribution is 2.04. The number of hydrogen-bond donors (Lipinski definition) is 1. The maximum Gasteiger partial charge on any atom is 0.106 e. The first-order chi connectivity index (χ1) is 5.33. The van der Waals surface area contributed by atoms with Crippen molar-refractivity contribution in [2.24, 2.45) is 5.16 Å². The molecule has 12 heavy (non-hydrogen) atoms. The van der Waals surface area contributed by atoms with Gasteiger partial charge < -0.3 is 10.0 Å². The third-order valence-electron chi connectivity index (χ3n) is 1.48. The lowest BCUT2D eigenvalue weighted by Crippen LogP contribution is -2.26. The van der Waals surface area contributed by atoms with E-state index in [9.17, 15) is 0 Å². The number of oxime groups is 1. The fraction of sp³-hybridized carbons (Fsp3) is 0.571. The van der Waals surface area contributed by atoms with Gasteiger partial charge in [-0.2, -0.15) is 5.06 Å². The summed E-state index contributed by atoms with van der Waals surface area (Å²) in [6, 6.07) is 0. The summed E-state index contributed by atoms with van der Waals surface area (Å²) in [6.45, 7) is 1.23. The molecule has 4 nitrogen and oxygen atoms in total. The molecule has 0 bridgehead atoms. The van der Waals surface area contributed by atoms with Crippen molar-refractivity contribution in [3.05, 3.63) is 11.6 Å². The molecular weight excluding hydrogens is 180 g/mol. The van der Waals surface area contributed by atoms with Crippen LogP contribution < -0.4 is 0 Å². The molecule has 1 rings (SSSR count). The average molecular weight is 193 g/mol. The standard InChI is InChI=1S/C7H12N2O2.ClH/c1-11-8-5-7-3-2-4-9(10)6-7;/h3,5,10H,2,4,6H2,1H3;1H. The fourth-order valence-electron chi connectivity index (χ4n) is 0.967. The molecule has 1 heterocycles. The molecule has 0 aromatic carbocycles. The molecule has 0 radical (unpaired) electrons. The SMILES string of the molecule is CON=CC1=CCCN(O)C1.Cl. The quantitative estimate of drug-likeness (QED) is 0.526. The van der Waals surface area contributed by atoms with E-state index in [4.69, 9.17) is 5.21 Å². The summed E-state index contributed by atoms with van der Waals surface area (Å²) in [5.41, 5.74) is 0.987. The van der Waals surface area contributed by atoms with Gasteiger partial charge in [0.2, 0.25) is 0 Å². The van der Waals surface area contributed by atoms with Crippen LogP contribution in [0.2, 0.25) is 0 Å². The van der Waals surface area contributed by atoms with Gasteiger partial charge in [0, 0.05) is 6.54 Å². The van der Waals surface area contributed by atoms with E-state index in [0.29, 0.717) is 13.1 Å². The highest BCUT2D eigenvalue weighted by molar-refractivity contribution is 5.85. The van der Waals surface area contributed by atoms with E-state index in [1.54, 1.807) is 6.21 Å². The topological polar surface area (TPSA) is 45.1 Å². The predicted octanol–water partition coefficient (Wildman–Crippen LogP) is 1.06. The van der Waals surface area contributed by atoms with Gasteiger partial charge in [0.1, 0.15) is 7.11 Å². The number of hydrogen-bond acceptors (Lipinski definition) is 4. The maximum atomic E-state index is 9.07. The molecule has 0 aliphatic carbocycles. The number of nitrogens with zero attached hydrogens (tertiary/aromatic N) is 2. The number of halogens is 1. The molecule has 0 amide bonds. The Bertz CT molecular complexity index is 182. The average Bonchev–Trinajstić information content (AvgIpc) is 2.01. The normalized spacial score (nSPS) is 18.7. The summed E-state index contributed by atoms with van der Waals surface area (Å²) >= 11 is 0. The van der Waals surface area contributed by atoms with Gasteiger partial charge in [-0.1, -0.05) is 11.2 Å². The molecule has 0 spiro atoms. The van der Waals surface area contributed by atoms with Crippen LogP contribution in [-0.2, 0) is 4.84 Å². The van der Waals surface area contributed by atoms with Gasteiger partial charge in [0.05, 0.1) is 12.8 Å². The minimum atomic E-state index is 0. The molecule has 0 aromatic heterocycles. The Hall–Kier alpha value is -0.580. The molecule has 0 unspecified atom stereocenters. The van der Waals surface area contributed by atoms with Crippen LogP contribution in [0.25, 0.3) is 0 Å². The number of rotatable bonds is 2. The zero-order chi connectivity index (χ0) is 8.10. The van der Waals surface area contributed by atoms with Crippen molar-refractivity contribution >= 4 is 18.6 Å². The van der Waals surface area contributed by atoms with Crippen molar-refractivity contribution in [1.82, 2.24) is 5.06 Å². The monoisotopic (exact) mass is 192 g/mol. The minimum Gasteiger partial charge on any atom is -0.399 e. The Morgan fingerprint density at radius 1 is 1.75 bits per heavy atom. The van der Waals surface area contributed by atoms with Gasteiger partial charge in [-0.3, -0.25) is 0 Å².